The SMILES string of the molecule is CSC(=NCc1cccc(C)c1)NC#N. The van der Waals surface area contributed by atoms with Crippen LogP contribution < -0.4 is 5.32 Å². The molecule has 3 nitrogen and oxygen atoms in total. The van der Waals surface area contributed by atoms with Crippen molar-refractivity contribution in [2.75, 3.05) is 6.26 Å². The molecule has 0 aromatic heterocycles. The fourth-order valence-electron chi connectivity index (χ4n) is 1.18. The molecule has 15 heavy (non-hydrogen) atoms. The van der Waals surface area contributed by atoms with Gasteiger partial charge in [-0.1, -0.05) is 41.6 Å². The van der Waals surface area contributed by atoms with Gasteiger partial charge in [0.25, 0.3) is 0 Å². The molecule has 0 unspecified atom stereocenters. The summed E-state index contributed by atoms with van der Waals surface area (Å²) in [5.41, 5.74) is 2.38. The van der Waals surface area contributed by atoms with E-state index < -0.39 is 0 Å². The van der Waals surface area contributed by atoms with E-state index in [-0.39, 0.29) is 0 Å². The largest absolute Gasteiger partial charge is 0.272 e. The van der Waals surface area contributed by atoms with Crippen LogP contribution in [0.5, 0.6) is 0 Å². The average molecular weight is 219 g/mol. The lowest BCUT2D eigenvalue weighted by molar-refractivity contribution is 1.05. The van der Waals surface area contributed by atoms with Crippen molar-refractivity contribution in [3.63, 3.8) is 0 Å². The number of nitrogens with zero attached hydrogens (tertiary/aromatic N) is 2. The highest BCUT2D eigenvalue weighted by Crippen LogP contribution is 2.06. The molecule has 0 aliphatic heterocycles. The van der Waals surface area contributed by atoms with Crippen LogP contribution in [-0.2, 0) is 6.54 Å². The van der Waals surface area contributed by atoms with Gasteiger partial charge < -0.3 is 0 Å². The predicted octanol–water partition coefficient (Wildman–Crippen LogP) is 2.28. The van der Waals surface area contributed by atoms with E-state index in [9.17, 15) is 0 Å². The Morgan fingerprint density at radius 2 is 2.40 bits per heavy atom. The smallest absolute Gasteiger partial charge is 0.183 e. The number of hydrogen-bond donors (Lipinski definition) is 1. The summed E-state index contributed by atoms with van der Waals surface area (Å²) in [5.74, 6) is 0. The third-order valence-electron chi connectivity index (χ3n) is 1.84. The molecule has 0 aliphatic carbocycles. The molecule has 1 rings (SSSR count). The quantitative estimate of drug-likeness (QED) is 0.359. The first-order valence-electron chi connectivity index (χ1n) is 4.55. The van der Waals surface area contributed by atoms with Gasteiger partial charge in [-0.15, -0.1) is 0 Å². The summed E-state index contributed by atoms with van der Waals surface area (Å²) in [6, 6.07) is 8.18. The first kappa shape index (κ1) is 11.6. The summed E-state index contributed by atoms with van der Waals surface area (Å²) in [5, 5.41) is 11.6. The Morgan fingerprint density at radius 1 is 1.60 bits per heavy atom. The fraction of sp³-hybridized carbons (Fsp3) is 0.273. The normalized spacial score (nSPS) is 10.9. The summed E-state index contributed by atoms with van der Waals surface area (Å²) >= 11 is 1.43. The van der Waals surface area contributed by atoms with E-state index in [1.807, 2.05) is 24.6 Å². The monoisotopic (exact) mass is 219 g/mol. The third-order valence-corrected chi connectivity index (χ3v) is 2.46. The maximum absolute atomic E-state index is 8.45. The second-order valence-corrected chi connectivity index (χ2v) is 3.85. The van der Waals surface area contributed by atoms with Crippen molar-refractivity contribution < 1.29 is 0 Å². The molecule has 0 amide bonds. The molecular formula is C11H13N3S. The van der Waals surface area contributed by atoms with Crippen LogP contribution in [0.4, 0.5) is 0 Å². The van der Waals surface area contributed by atoms with E-state index >= 15 is 0 Å². The number of rotatable bonds is 2. The number of hydrogen-bond acceptors (Lipinski definition) is 3. The number of benzene rings is 1. The second kappa shape index (κ2) is 6.10. The van der Waals surface area contributed by atoms with Gasteiger partial charge in [-0.05, 0) is 18.7 Å². The standard InChI is InChI=1S/C11H13N3S/c1-9-4-3-5-10(6-9)7-13-11(15-2)14-8-12/h3-6H,7H2,1-2H3,(H,13,14). The lowest BCUT2D eigenvalue weighted by Gasteiger charge is -2.01. The maximum atomic E-state index is 8.45. The lowest BCUT2D eigenvalue weighted by Crippen LogP contribution is -2.13. The topological polar surface area (TPSA) is 48.2 Å². The molecule has 1 aromatic rings. The molecule has 4 heteroatoms. The zero-order chi connectivity index (χ0) is 11.1. The van der Waals surface area contributed by atoms with Gasteiger partial charge in [-0.3, -0.25) is 10.3 Å². The maximum Gasteiger partial charge on any atom is 0.183 e. The molecule has 0 aliphatic rings. The van der Waals surface area contributed by atoms with Gasteiger partial charge >= 0.3 is 0 Å². The highest BCUT2D eigenvalue weighted by atomic mass is 32.2. The molecule has 0 spiro atoms. The molecule has 0 heterocycles. The first-order valence-corrected chi connectivity index (χ1v) is 5.78. The van der Waals surface area contributed by atoms with Crippen LogP contribution in [0, 0.1) is 18.4 Å². The van der Waals surface area contributed by atoms with E-state index in [0.29, 0.717) is 11.7 Å². The average Bonchev–Trinajstić information content (AvgIpc) is 2.24. The van der Waals surface area contributed by atoms with E-state index in [0.717, 1.165) is 5.56 Å². The van der Waals surface area contributed by atoms with Crippen molar-refractivity contribution in [1.82, 2.24) is 5.32 Å². The first-order chi connectivity index (χ1) is 7.26. The van der Waals surface area contributed by atoms with Crippen LogP contribution in [0.15, 0.2) is 29.3 Å². The highest BCUT2D eigenvalue weighted by molar-refractivity contribution is 8.13. The molecule has 0 bridgehead atoms. The highest BCUT2D eigenvalue weighted by Gasteiger charge is 1.95. The minimum atomic E-state index is 0.604. The Labute approximate surface area is 94.2 Å². The van der Waals surface area contributed by atoms with Gasteiger partial charge in [0, 0.05) is 0 Å². The summed E-state index contributed by atoms with van der Waals surface area (Å²) in [4.78, 5) is 4.29. The van der Waals surface area contributed by atoms with Gasteiger partial charge in [0.05, 0.1) is 6.54 Å². The Hall–Kier alpha value is -1.47. The minimum absolute atomic E-state index is 0.604. The van der Waals surface area contributed by atoms with Crippen LogP contribution in [0.25, 0.3) is 0 Å². The molecular weight excluding hydrogens is 206 g/mol. The number of aliphatic imine (C=N–C) groups is 1. The van der Waals surface area contributed by atoms with Crippen molar-refractivity contribution in [3.8, 4) is 6.19 Å². The van der Waals surface area contributed by atoms with Crippen LogP contribution in [0.2, 0.25) is 0 Å². The molecule has 0 atom stereocenters. The molecule has 0 radical (unpaired) electrons. The molecule has 0 saturated heterocycles. The second-order valence-electron chi connectivity index (χ2n) is 3.05. The summed E-state index contributed by atoms with van der Waals surface area (Å²) in [7, 11) is 0. The van der Waals surface area contributed by atoms with E-state index in [2.05, 4.69) is 29.4 Å². The lowest BCUT2D eigenvalue weighted by atomic mass is 10.1. The van der Waals surface area contributed by atoms with Crippen LogP contribution >= 0.6 is 11.8 Å². The molecule has 0 saturated carbocycles. The Kier molecular flexibility index (Phi) is 4.72. The number of aryl methyl sites for hydroxylation is 1. The van der Waals surface area contributed by atoms with Crippen molar-refractivity contribution in [3.05, 3.63) is 35.4 Å². The zero-order valence-electron chi connectivity index (χ0n) is 8.82. The van der Waals surface area contributed by atoms with Crippen LogP contribution in [-0.4, -0.2) is 11.4 Å². The van der Waals surface area contributed by atoms with Gasteiger partial charge in [-0.25, -0.2) is 0 Å². The Morgan fingerprint density at radius 3 is 3.00 bits per heavy atom. The predicted molar refractivity (Wildman–Crippen MR) is 64.6 cm³/mol. The van der Waals surface area contributed by atoms with Crippen LogP contribution in [0.1, 0.15) is 11.1 Å². The summed E-state index contributed by atoms with van der Waals surface area (Å²) in [6.07, 6.45) is 3.75. The minimum Gasteiger partial charge on any atom is -0.272 e. The molecule has 78 valence electrons. The van der Waals surface area contributed by atoms with Crippen molar-refractivity contribution >= 4 is 16.9 Å². The van der Waals surface area contributed by atoms with Gasteiger partial charge in [0.15, 0.2) is 11.4 Å². The Bertz CT molecular complexity index is 393. The summed E-state index contributed by atoms with van der Waals surface area (Å²) in [6.45, 7) is 2.66. The van der Waals surface area contributed by atoms with Crippen molar-refractivity contribution in [2.45, 2.75) is 13.5 Å². The number of amidine groups is 1. The molecule has 1 N–H and O–H groups in total. The molecule has 0 fully saturated rings. The van der Waals surface area contributed by atoms with Gasteiger partial charge in [-0.2, -0.15) is 5.26 Å². The van der Waals surface area contributed by atoms with E-state index in [4.69, 9.17) is 5.26 Å². The third kappa shape index (κ3) is 4.05. The van der Waals surface area contributed by atoms with Gasteiger partial charge in [0.1, 0.15) is 0 Å². The fourth-order valence-corrected chi connectivity index (χ4v) is 1.52. The Balaban J connectivity index is 2.66. The zero-order valence-corrected chi connectivity index (χ0v) is 9.64. The summed E-state index contributed by atoms with van der Waals surface area (Å²) < 4.78 is 0. The number of nitriles is 1. The molecule has 1 aromatic carbocycles. The number of nitrogens with one attached hydrogen (secondary N) is 1. The van der Waals surface area contributed by atoms with Gasteiger partial charge in [0.2, 0.25) is 0 Å². The van der Waals surface area contributed by atoms with E-state index in [1.54, 1.807) is 0 Å². The van der Waals surface area contributed by atoms with Crippen molar-refractivity contribution in [1.29, 1.82) is 5.26 Å². The van der Waals surface area contributed by atoms with E-state index in [1.165, 1.54) is 17.3 Å². The number of thioether (sulfide) groups is 1. The van der Waals surface area contributed by atoms with Crippen LogP contribution in [0.3, 0.4) is 0 Å². The van der Waals surface area contributed by atoms with Crippen molar-refractivity contribution in [2.24, 2.45) is 4.99 Å².